The summed E-state index contributed by atoms with van der Waals surface area (Å²) in [5, 5.41) is 7.05. The fourth-order valence-corrected chi connectivity index (χ4v) is 10.7. The number of fused-ring (bicyclic) bond motifs is 9. The quantitative estimate of drug-likeness (QED) is 0.160. The SMILES string of the molecule is Fc1cccc(-c2ccc(-n3c4ccc(-n5c6ccccc6c6ccccc65)cc4c4cc(-n5c6ccccc6c6ccccc65)ccc43)cc2-c2nc(-c3ccccc3)nc(-c3ccccc3)n2)c1. The van der Waals surface area contributed by atoms with Crippen molar-refractivity contribution >= 4 is 65.4 Å². The summed E-state index contributed by atoms with van der Waals surface area (Å²) in [5.74, 6) is 1.26. The number of aromatic nitrogens is 6. The molecule has 0 aliphatic heterocycles. The molecular formula is C63H39FN6. The molecule has 6 nitrogen and oxygen atoms in total. The molecule has 0 unspecified atom stereocenters. The van der Waals surface area contributed by atoms with Gasteiger partial charge in [-0.05, 0) is 96.1 Å². The van der Waals surface area contributed by atoms with Crippen molar-refractivity contribution in [2.75, 3.05) is 0 Å². The molecule has 0 fully saturated rings. The summed E-state index contributed by atoms with van der Waals surface area (Å²) in [5.41, 5.74) is 13.7. The van der Waals surface area contributed by atoms with Gasteiger partial charge in [0.05, 0.1) is 33.1 Å². The van der Waals surface area contributed by atoms with Gasteiger partial charge in [-0.3, -0.25) is 0 Å². The van der Waals surface area contributed by atoms with Crippen LogP contribution in [0.3, 0.4) is 0 Å². The molecule has 0 spiro atoms. The molecule has 4 aromatic heterocycles. The van der Waals surface area contributed by atoms with Crippen molar-refractivity contribution in [1.29, 1.82) is 0 Å². The number of para-hydroxylation sites is 4. The number of halogens is 1. The lowest BCUT2D eigenvalue weighted by Gasteiger charge is -2.16. The molecule has 0 N–H and O–H groups in total. The van der Waals surface area contributed by atoms with Gasteiger partial charge in [-0.15, -0.1) is 0 Å². The minimum atomic E-state index is -0.321. The Balaban J connectivity index is 1.05. The number of rotatable bonds is 7. The molecule has 328 valence electrons. The van der Waals surface area contributed by atoms with Gasteiger partial charge in [0.15, 0.2) is 17.5 Å². The third kappa shape index (κ3) is 6.29. The Morgan fingerprint density at radius 1 is 0.257 bits per heavy atom. The Morgan fingerprint density at radius 3 is 1.09 bits per heavy atom. The summed E-state index contributed by atoms with van der Waals surface area (Å²) >= 11 is 0. The van der Waals surface area contributed by atoms with E-state index >= 15 is 4.39 Å². The van der Waals surface area contributed by atoms with Gasteiger partial charge in [0.2, 0.25) is 0 Å². The largest absolute Gasteiger partial charge is 0.309 e. The maximum absolute atomic E-state index is 15.2. The Kier molecular flexibility index (Phi) is 8.97. The first kappa shape index (κ1) is 39.7. The minimum Gasteiger partial charge on any atom is -0.309 e. The van der Waals surface area contributed by atoms with Gasteiger partial charge in [0.25, 0.3) is 0 Å². The lowest BCUT2D eigenvalue weighted by Crippen LogP contribution is -2.02. The Morgan fingerprint density at radius 2 is 0.629 bits per heavy atom. The minimum absolute atomic E-state index is 0.321. The van der Waals surface area contributed by atoms with Crippen LogP contribution in [0.1, 0.15) is 0 Å². The summed E-state index contributed by atoms with van der Waals surface area (Å²) in [6, 6.07) is 81.3. The molecular weight excluding hydrogens is 860 g/mol. The van der Waals surface area contributed by atoms with Crippen molar-refractivity contribution in [2.45, 2.75) is 0 Å². The van der Waals surface area contributed by atoms with Crippen LogP contribution in [0, 0.1) is 5.82 Å². The van der Waals surface area contributed by atoms with Crippen LogP contribution in [0.5, 0.6) is 0 Å². The molecule has 0 radical (unpaired) electrons. The zero-order chi connectivity index (χ0) is 46.3. The second kappa shape index (κ2) is 15.8. The molecule has 0 aliphatic rings. The van der Waals surface area contributed by atoms with Crippen molar-refractivity contribution in [2.24, 2.45) is 0 Å². The van der Waals surface area contributed by atoms with Crippen LogP contribution < -0.4 is 0 Å². The summed E-state index contributed by atoms with van der Waals surface area (Å²) in [6.45, 7) is 0. The predicted molar refractivity (Wildman–Crippen MR) is 285 cm³/mol. The van der Waals surface area contributed by atoms with Gasteiger partial charge >= 0.3 is 0 Å². The average Bonchev–Trinajstić information content (AvgIpc) is 4.06. The number of hydrogen-bond donors (Lipinski definition) is 0. The third-order valence-electron chi connectivity index (χ3n) is 13.7. The molecule has 7 heteroatoms. The molecule has 70 heavy (non-hydrogen) atoms. The first-order valence-electron chi connectivity index (χ1n) is 23.5. The summed E-state index contributed by atoms with van der Waals surface area (Å²) < 4.78 is 22.3. The van der Waals surface area contributed by atoms with Crippen LogP contribution in [0.4, 0.5) is 4.39 Å². The standard InChI is InChI=1S/C63H39FN6/c64-43-21-15-20-42(36-43)47-33-30-44(39-54(47)63-66-61(40-16-3-1-4-17-40)65-62(67-63)41-18-5-2-6-19-41)70-59-34-31-45(68-55-26-11-7-22-48(55)49-23-8-12-27-56(49)68)37-52(59)53-38-46(32-35-60(53)70)69-57-28-13-9-24-50(57)51-25-10-14-29-58(51)69/h1-39H. The predicted octanol–water partition coefficient (Wildman–Crippen LogP) is 16.0. The molecule has 0 atom stereocenters. The lowest BCUT2D eigenvalue weighted by atomic mass is 9.98. The van der Waals surface area contributed by atoms with E-state index in [1.54, 1.807) is 12.1 Å². The van der Waals surface area contributed by atoms with Crippen LogP contribution >= 0.6 is 0 Å². The van der Waals surface area contributed by atoms with Crippen molar-refractivity contribution in [1.82, 2.24) is 28.7 Å². The molecule has 0 saturated carbocycles. The van der Waals surface area contributed by atoms with E-state index < -0.39 is 0 Å². The van der Waals surface area contributed by atoms with E-state index in [1.807, 2.05) is 66.7 Å². The molecule has 14 aromatic rings. The van der Waals surface area contributed by atoms with E-state index in [0.29, 0.717) is 17.5 Å². The number of nitrogens with zero attached hydrogens (tertiary/aromatic N) is 6. The van der Waals surface area contributed by atoms with Crippen molar-refractivity contribution < 1.29 is 4.39 Å². The van der Waals surface area contributed by atoms with E-state index in [0.717, 1.165) is 88.8 Å². The van der Waals surface area contributed by atoms with E-state index in [4.69, 9.17) is 15.0 Å². The monoisotopic (exact) mass is 898 g/mol. The van der Waals surface area contributed by atoms with Crippen molar-refractivity contribution in [3.63, 3.8) is 0 Å². The van der Waals surface area contributed by atoms with Crippen LogP contribution in [-0.4, -0.2) is 28.7 Å². The van der Waals surface area contributed by atoms with Crippen LogP contribution in [0.2, 0.25) is 0 Å². The Hall–Kier alpha value is -9.46. The first-order valence-corrected chi connectivity index (χ1v) is 23.5. The normalized spacial score (nSPS) is 11.8. The second-order valence-corrected chi connectivity index (χ2v) is 17.8. The highest BCUT2D eigenvalue weighted by atomic mass is 19.1. The second-order valence-electron chi connectivity index (χ2n) is 17.8. The fraction of sp³-hybridized carbons (Fsp3) is 0. The van der Waals surface area contributed by atoms with E-state index in [-0.39, 0.29) is 5.82 Å². The Bertz CT molecular complexity index is 4040. The highest BCUT2D eigenvalue weighted by Gasteiger charge is 2.22. The number of benzene rings is 10. The average molecular weight is 899 g/mol. The van der Waals surface area contributed by atoms with E-state index in [1.165, 1.54) is 27.6 Å². The topological polar surface area (TPSA) is 53.5 Å². The first-order chi connectivity index (χ1) is 34.6. The van der Waals surface area contributed by atoms with Gasteiger partial charge in [-0.25, -0.2) is 19.3 Å². The van der Waals surface area contributed by atoms with Crippen molar-refractivity contribution in [3.05, 3.63) is 242 Å². The zero-order valence-corrected chi connectivity index (χ0v) is 37.6. The van der Waals surface area contributed by atoms with Crippen LogP contribution in [0.15, 0.2) is 237 Å². The lowest BCUT2D eigenvalue weighted by molar-refractivity contribution is 0.628. The van der Waals surface area contributed by atoms with E-state index in [2.05, 4.69) is 165 Å². The van der Waals surface area contributed by atoms with Crippen LogP contribution in [0.25, 0.3) is 128 Å². The molecule has 10 aromatic carbocycles. The van der Waals surface area contributed by atoms with Gasteiger partial charge in [0.1, 0.15) is 5.82 Å². The van der Waals surface area contributed by atoms with Crippen molar-refractivity contribution in [3.8, 4) is 62.4 Å². The van der Waals surface area contributed by atoms with Gasteiger partial charge < -0.3 is 13.7 Å². The maximum Gasteiger partial charge on any atom is 0.164 e. The molecule has 0 bridgehead atoms. The van der Waals surface area contributed by atoms with Gasteiger partial charge in [-0.1, -0.05) is 152 Å². The summed E-state index contributed by atoms with van der Waals surface area (Å²) in [7, 11) is 0. The van der Waals surface area contributed by atoms with Gasteiger partial charge in [0, 0.05) is 66.1 Å². The Labute approximate surface area is 401 Å². The highest BCUT2D eigenvalue weighted by molar-refractivity contribution is 6.14. The van der Waals surface area contributed by atoms with Crippen LogP contribution in [-0.2, 0) is 0 Å². The molecule has 4 heterocycles. The smallest absolute Gasteiger partial charge is 0.164 e. The molecule has 0 saturated heterocycles. The van der Waals surface area contributed by atoms with Gasteiger partial charge in [-0.2, -0.15) is 0 Å². The summed E-state index contributed by atoms with van der Waals surface area (Å²) in [6.07, 6.45) is 0. The number of hydrogen-bond acceptors (Lipinski definition) is 3. The third-order valence-corrected chi connectivity index (χ3v) is 13.7. The van der Waals surface area contributed by atoms with E-state index in [9.17, 15) is 0 Å². The zero-order valence-electron chi connectivity index (χ0n) is 37.6. The highest BCUT2D eigenvalue weighted by Crippen LogP contribution is 2.42. The summed E-state index contributed by atoms with van der Waals surface area (Å²) in [4.78, 5) is 15.4. The maximum atomic E-state index is 15.2. The molecule has 0 aliphatic carbocycles. The molecule has 14 rings (SSSR count). The molecule has 0 amide bonds. The fourth-order valence-electron chi connectivity index (χ4n) is 10.7.